The Labute approximate surface area is 201 Å². The maximum Gasteiger partial charge on any atom is 0.175 e. The van der Waals surface area contributed by atoms with Gasteiger partial charge in [-0.15, -0.1) is 0 Å². The van der Waals surface area contributed by atoms with Crippen LogP contribution in [0.2, 0.25) is 0 Å². The van der Waals surface area contributed by atoms with Gasteiger partial charge in [0.2, 0.25) is 0 Å². The molecule has 0 atom stereocenters. The molecule has 0 amide bonds. The third kappa shape index (κ3) is 3.50. The minimum absolute atomic E-state index is 0.00628. The molecule has 2 aromatic heterocycles. The van der Waals surface area contributed by atoms with Crippen LogP contribution in [0.1, 0.15) is 37.6 Å². The fourth-order valence-electron chi connectivity index (χ4n) is 5.52. The minimum atomic E-state index is -0.608. The van der Waals surface area contributed by atoms with Crippen LogP contribution in [0.3, 0.4) is 0 Å². The predicted octanol–water partition coefficient (Wildman–Crippen LogP) is 5.46. The van der Waals surface area contributed by atoms with Crippen molar-refractivity contribution in [1.29, 1.82) is 0 Å². The molecule has 35 heavy (non-hydrogen) atoms. The van der Waals surface area contributed by atoms with Crippen LogP contribution < -0.4 is 4.90 Å². The van der Waals surface area contributed by atoms with Crippen molar-refractivity contribution in [3.63, 3.8) is 0 Å². The average molecular weight is 477 g/mol. The van der Waals surface area contributed by atoms with Crippen LogP contribution in [0.4, 0.5) is 14.6 Å². The number of halogens is 2. The molecule has 6 nitrogen and oxygen atoms in total. The van der Waals surface area contributed by atoms with E-state index in [0.29, 0.717) is 45.3 Å². The Kier molecular flexibility index (Phi) is 5.11. The number of phenols is 1. The van der Waals surface area contributed by atoms with E-state index in [0.717, 1.165) is 39.0 Å². The normalized spacial score (nSPS) is 17.3. The monoisotopic (exact) mass is 476 g/mol. The van der Waals surface area contributed by atoms with Gasteiger partial charge in [-0.3, -0.25) is 4.98 Å². The van der Waals surface area contributed by atoms with Gasteiger partial charge in [0.25, 0.3) is 0 Å². The second-order valence-corrected chi connectivity index (χ2v) is 9.52. The summed E-state index contributed by atoms with van der Waals surface area (Å²) >= 11 is 0. The van der Waals surface area contributed by atoms with Crippen molar-refractivity contribution in [1.82, 2.24) is 15.0 Å². The fourth-order valence-corrected chi connectivity index (χ4v) is 5.52. The van der Waals surface area contributed by atoms with Crippen LogP contribution in [-0.4, -0.2) is 45.4 Å². The third-order valence-corrected chi connectivity index (χ3v) is 7.48. The van der Waals surface area contributed by atoms with E-state index in [-0.39, 0.29) is 28.4 Å². The first-order valence-electron chi connectivity index (χ1n) is 12.1. The van der Waals surface area contributed by atoms with Crippen molar-refractivity contribution in [3.8, 4) is 17.0 Å². The third-order valence-electron chi connectivity index (χ3n) is 7.48. The summed E-state index contributed by atoms with van der Waals surface area (Å²) in [7, 11) is 0. The molecule has 0 saturated carbocycles. The number of hydrogen-bond acceptors (Lipinski definition) is 6. The largest absolute Gasteiger partial charge is 0.508 e. The molecule has 8 heteroatoms. The van der Waals surface area contributed by atoms with Gasteiger partial charge in [0.1, 0.15) is 34.4 Å². The van der Waals surface area contributed by atoms with Gasteiger partial charge in [-0.1, -0.05) is 13.0 Å². The Bertz CT molecular complexity index is 1480. The highest BCUT2D eigenvalue weighted by atomic mass is 19.1. The van der Waals surface area contributed by atoms with Crippen molar-refractivity contribution in [3.05, 3.63) is 53.5 Å². The number of hydrogen-bond donors (Lipinski definition) is 1. The molecule has 0 radical (unpaired) electrons. The van der Waals surface area contributed by atoms with Gasteiger partial charge in [0.15, 0.2) is 5.82 Å². The molecule has 0 bridgehead atoms. The molecule has 2 saturated heterocycles. The average Bonchev–Trinajstić information content (AvgIpc) is 2.83. The van der Waals surface area contributed by atoms with Crippen LogP contribution in [0.25, 0.3) is 32.9 Å². The first kappa shape index (κ1) is 22.1. The molecule has 1 spiro atoms. The summed E-state index contributed by atoms with van der Waals surface area (Å²) in [6.45, 7) is 5.95. The lowest BCUT2D eigenvalue weighted by molar-refractivity contribution is -0.158. The number of ether oxygens (including phenoxy) is 1. The topological polar surface area (TPSA) is 71.4 Å². The predicted molar refractivity (Wildman–Crippen MR) is 131 cm³/mol. The number of piperidine rings is 1. The number of aryl methyl sites for hydroxylation is 2. The van der Waals surface area contributed by atoms with E-state index >= 15 is 4.39 Å². The van der Waals surface area contributed by atoms with E-state index in [2.05, 4.69) is 19.9 Å². The van der Waals surface area contributed by atoms with Crippen molar-refractivity contribution in [2.24, 2.45) is 0 Å². The molecular formula is C27H26F2N4O2. The van der Waals surface area contributed by atoms with Gasteiger partial charge in [-0.05, 0) is 67.1 Å². The molecule has 2 aromatic carbocycles. The molecule has 0 aliphatic carbocycles. The summed E-state index contributed by atoms with van der Waals surface area (Å²) in [4.78, 5) is 15.7. The van der Waals surface area contributed by atoms with Crippen LogP contribution in [0, 0.1) is 18.6 Å². The molecule has 2 aliphatic heterocycles. The van der Waals surface area contributed by atoms with Crippen LogP contribution >= 0.6 is 0 Å². The highest BCUT2D eigenvalue weighted by Gasteiger charge is 2.41. The van der Waals surface area contributed by atoms with Crippen molar-refractivity contribution < 1.29 is 18.6 Å². The van der Waals surface area contributed by atoms with Crippen LogP contribution in [0.15, 0.2) is 30.5 Å². The SMILES string of the molecule is CCc1c(F)ccc2cc(O)cc(-c3ncc4c(N5CCC6(CCO6)CC5)nc(C)nc4c3F)c12. The summed E-state index contributed by atoms with van der Waals surface area (Å²) in [5.74, 6) is 0.114. The summed E-state index contributed by atoms with van der Waals surface area (Å²) < 4.78 is 36.6. The van der Waals surface area contributed by atoms with Crippen molar-refractivity contribution >= 4 is 27.5 Å². The van der Waals surface area contributed by atoms with E-state index in [1.165, 1.54) is 12.1 Å². The molecule has 0 unspecified atom stereocenters. The van der Waals surface area contributed by atoms with Crippen molar-refractivity contribution in [2.45, 2.75) is 45.1 Å². The maximum atomic E-state index is 16.1. The molecule has 180 valence electrons. The number of fused-ring (bicyclic) bond motifs is 2. The van der Waals surface area contributed by atoms with E-state index in [1.54, 1.807) is 25.3 Å². The Morgan fingerprint density at radius 1 is 1.11 bits per heavy atom. The van der Waals surface area contributed by atoms with Crippen LogP contribution in [-0.2, 0) is 11.2 Å². The van der Waals surface area contributed by atoms with E-state index < -0.39 is 5.82 Å². The standard InChI is InChI=1S/C27H26F2N4O2/c1-3-18-21(28)5-4-16-12-17(34)13-19(22(16)18)24-23(29)25-20(14-30-24)26(32-15(2)31-25)33-9-6-27(7-10-33)8-11-35-27/h4-5,12-14,34H,3,6-11H2,1-2H3. The summed E-state index contributed by atoms with van der Waals surface area (Å²) in [5, 5.41) is 12.1. The second kappa shape index (κ2) is 8.09. The quantitative estimate of drug-likeness (QED) is 0.424. The number of phenolic OH excluding ortho intramolecular Hbond substituents is 1. The number of aromatic hydroxyl groups is 1. The Morgan fingerprint density at radius 3 is 2.57 bits per heavy atom. The lowest BCUT2D eigenvalue weighted by Gasteiger charge is -2.48. The number of pyridine rings is 1. The number of benzene rings is 2. The molecular weight excluding hydrogens is 450 g/mol. The lowest BCUT2D eigenvalue weighted by atomic mass is 9.84. The zero-order chi connectivity index (χ0) is 24.3. The summed E-state index contributed by atoms with van der Waals surface area (Å²) in [6, 6.07) is 5.95. The Balaban J connectivity index is 1.51. The van der Waals surface area contributed by atoms with E-state index in [4.69, 9.17) is 4.74 Å². The fraction of sp³-hybridized carbons (Fsp3) is 0.370. The van der Waals surface area contributed by atoms with Gasteiger partial charge in [-0.25, -0.2) is 18.7 Å². The highest BCUT2D eigenvalue weighted by molar-refractivity contribution is 6.01. The number of rotatable bonds is 3. The minimum Gasteiger partial charge on any atom is -0.508 e. The number of anilines is 1. The van der Waals surface area contributed by atoms with Crippen LogP contribution in [0.5, 0.6) is 5.75 Å². The zero-order valence-electron chi connectivity index (χ0n) is 19.7. The summed E-state index contributed by atoms with van der Waals surface area (Å²) in [5.41, 5.74) is 0.995. The molecule has 4 heterocycles. The zero-order valence-corrected chi connectivity index (χ0v) is 19.7. The number of aromatic nitrogens is 3. The summed E-state index contributed by atoms with van der Waals surface area (Å²) in [6.07, 6.45) is 4.91. The molecule has 2 aliphatic rings. The smallest absolute Gasteiger partial charge is 0.175 e. The highest BCUT2D eigenvalue weighted by Crippen LogP contribution is 2.41. The number of nitrogens with zero attached hydrogens (tertiary/aromatic N) is 4. The second-order valence-electron chi connectivity index (χ2n) is 9.52. The van der Waals surface area contributed by atoms with E-state index in [9.17, 15) is 9.50 Å². The Hall–Kier alpha value is -3.39. The molecule has 4 aromatic rings. The van der Waals surface area contributed by atoms with Gasteiger partial charge >= 0.3 is 0 Å². The lowest BCUT2D eigenvalue weighted by Crippen LogP contribution is -2.52. The van der Waals surface area contributed by atoms with E-state index in [1.807, 2.05) is 6.92 Å². The first-order valence-corrected chi connectivity index (χ1v) is 12.1. The molecule has 1 N–H and O–H groups in total. The first-order chi connectivity index (χ1) is 16.9. The molecule has 2 fully saturated rings. The molecule has 6 rings (SSSR count). The Morgan fingerprint density at radius 2 is 1.89 bits per heavy atom. The van der Waals surface area contributed by atoms with Gasteiger partial charge in [0.05, 0.1) is 17.6 Å². The van der Waals surface area contributed by atoms with Gasteiger partial charge in [-0.2, -0.15) is 0 Å². The van der Waals surface area contributed by atoms with Gasteiger partial charge in [0, 0.05) is 24.8 Å². The maximum absolute atomic E-state index is 16.1. The van der Waals surface area contributed by atoms with Gasteiger partial charge < -0.3 is 14.7 Å². The van der Waals surface area contributed by atoms with Crippen molar-refractivity contribution in [2.75, 3.05) is 24.6 Å².